The standard InChI is InChI=1S/C40H33N8O8.Mg/c49-25-9-1-2-10(26(25)50)18-17(9)33-41-34(18)46-36-21-13-5-6-14(30(54)29(13)53)22(21)38(43-36)48-40-24-16-8-7-15(31(55)32(16)56)23(24)39(44-40)47-37-20-12-4-3-11(27(51)28(12)52)19(20)35(42-37)45-33;/h1-16,25-33,49-56H;/q-3;+2/p+1. The number of aliphatic hydroxyl groups excluding tert-OH is 8. The van der Waals surface area contributed by atoms with Crippen LogP contribution in [0, 0.1) is 23.7 Å². The number of aliphatic hydroxyl groups is 8. The average Bonchev–Trinajstić information content (AvgIpc) is 3.96. The zero-order chi connectivity index (χ0) is 37.8. The molecule has 3 aliphatic heterocycles. The minimum atomic E-state index is -1.13. The van der Waals surface area contributed by atoms with E-state index in [1.165, 1.54) is 0 Å². The molecular formula is C40H34MgN8O8. The fourth-order valence-corrected chi connectivity index (χ4v) is 11.5. The Morgan fingerprint density at radius 2 is 0.912 bits per heavy atom. The number of rotatable bonds is 0. The number of aromatic nitrogens is 2. The van der Waals surface area contributed by atoms with Gasteiger partial charge in [0.2, 0.25) is 0 Å². The maximum Gasteiger partial charge on any atom is 2.00 e. The van der Waals surface area contributed by atoms with Crippen LogP contribution in [0.2, 0.25) is 0 Å². The smallest absolute Gasteiger partial charge is 0.452 e. The van der Waals surface area contributed by atoms with Gasteiger partial charge in [-0.1, -0.05) is 64.4 Å². The number of aliphatic imine (C=N–C) groups is 2. The summed E-state index contributed by atoms with van der Waals surface area (Å²) in [5.41, 5.74) is 5.43. The van der Waals surface area contributed by atoms with Crippen molar-refractivity contribution in [1.29, 1.82) is 0 Å². The van der Waals surface area contributed by atoms with Crippen LogP contribution in [0.1, 0.15) is 45.9 Å². The Balaban J connectivity index is 0.00000356. The predicted octanol–water partition coefficient (Wildman–Crippen LogP) is -3.95. The summed E-state index contributed by atoms with van der Waals surface area (Å²) in [6.07, 6.45) is 4.83. The zero-order valence-electron chi connectivity index (χ0n) is 29.8. The summed E-state index contributed by atoms with van der Waals surface area (Å²) >= 11 is 0. The van der Waals surface area contributed by atoms with Gasteiger partial charge in [-0.3, -0.25) is 0 Å². The largest absolute Gasteiger partial charge is 2.00 e. The molecule has 17 atom stereocenters. The molecule has 0 aromatic carbocycles. The van der Waals surface area contributed by atoms with Gasteiger partial charge in [-0.15, -0.1) is 0 Å². The molecule has 12 aliphatic carbocycles. The molecule has 0 radical (unpaired) electrons. The molecule has 5 heterocycles. The predicted molar refractivity (Wildman–Crippen MR) is 198 cm³/mol. The maximum atomic E-state index is 11.3. The molecule has 0 fully saturated rings. The minimum Gasteiger partial charge on any atom is -0.452 e. The van der Waals surface area contributed by atoms with Crippen LogP contribution < -0.4 is 25.9 Å². The van der Waals surface area contributed by atoms with Crippen LogP contribution in [0.5, 0.6) is 0 Å². The summed E-state index contributed by atoms with van der Waals surface area (Å²) in [5.74, 6) is -3.77. The third kappa shape index (κ3) is 4.17. The van der Waals surface area contributed by atoms with Gasteiger partial charge in [0.05, 0.1) is 48.8 Å². The van der Waals surface area contributed by atoms with E-state index in [-0.39, 0.29) is 51.5 Å². The van der Waals surface area contributed by atoms with Gasteiger partial charge in [-0.25, -0.2) is 4.99 Å². The van der Waals surface area contributed by atoms with E-state index in [4.69, 9.17) is 35.3 Å². The Morgan fingerprint density at radius 3 is 1.53 bits per heavy atom. The van der Waals surface area contributed by atoms with Crippen molar-refractivity contribution in [2.75, 3.05) is 0 Å². The van der Waals surface area contributed by atoms with Crippen molar-refractivity contribution in [1.82, 2.24) is 9.97 Å². The number of amidine groups is 3. The van der Waals surface area contributed by atoms with Gasteiger partial charge in [-0.2, -0.15) is 0 Å². The van der Waals surface area contributed by atoms with Gasteiger partial charge in [-0.05, 0) is 28.1 Å². The first kappa shape index (κ1) is 34.9. The monoisotopic (exact) mass is 778 g/mol. The van der Waals surface area contributed by atoms with Gasteiger partial charge < -0.3 is 66.1 Å². The molecule has 2 aromatic heterocycles. The van der Waals surface area contributed by atoms with Crippen molar-refractivity contribution >= 4 is 52.2 Å². The summed E-state index contributed by atoms with van der Waals surface area (Å²) in [7, 11) is 0. The third-order valence-electron chi connectivity index (χ3n) is 14.1. The third-order valence-corrected chi connectivity index (χ3v) is 14.1. The van der Waals surface area contributed by atoms with Crippen LogP contribution in [0.25, 0.3) is 5.32 Å². The summed E-state index contributed by atoms with van der Waals surface area (Å²) in [6.45, 7) is 0. The number of fused-ring (bicyclic) bond motifs is 11. The second-order valence-electron chi connectivity index (χ2n) is 16.7. The molecule has 0 saturated carbocycles. The first-order valence-electron chi connectivity index (χ1n) is 19.1. The SMILES string of the molecule is OC1C2C=CC(C3=C2C2=Nc4[n-]c(c5c4C4C=CC5C(O)C4O)N=C4[N-]C(N=c5[n-]c(c6c5C5C=CC6C(O)C5O)=NC3=[NH+]2)C2=C4C3C=CC2C(O)C3O)C1O.[Mg+2]. The Morgan fingerprint density at radius 1 is 0.456 bits per heavy atom. The molecule has 0 spiro atoms. The molecule has 2 aromatic rings. The van der Waals surface area contributed by atoms with Crippen LogP contribution in [-0.4, -0.2) is 136 Å². The number of nitrogens with zero attached hydrogens (tertiary/aromatic N) is 7. The molecule has 16 bridgehead atoms. The first-order valence-corrected chi connectivity index (χ1v) is 19.1. The first-order chi connectivity index (χ1) is 27.1. The Kier molecular flexibility index (Phi) is 7.05. The Labute approximate surface area is 338 Å². The minimum absolute atomic E-state index is 0. The molecule has 9 N–H and O–H groups in total. The van der Waals surface area contributed by atoms with Gasteiger partial charge in [0.1, 0.15) is 0 Å². The quantitative estimate of drug-likeness (QED) is 0.0926. The van der Waals surface area contributed by atoms with Crippen molar-refractivity contribution in [3.8, 4) is 0 Å². The van der Waals surface area contributed by atoms with E-state index in [2.05, 4.69) is 4.99 Å². The number of hydrogen-bond donors (Lipinski definition) is 9. The van der Waals surface area contributed by atoms with Gasteiger partial charge >= 0.3 is 23.1 Å². The normalized spacial score (nSPS) is 43.8. The second-order valence-corrected chi connectivity index (χ2v) is 16.7. The zero-order valence-corrected chi connectivity index (χ0v) is 31.3. The molecule has 0 amide bonds. The van der Waals surface area contributed by atoms with E-state index >= 15 is 0 Å². The molecule has 16 nitrogen and oxygen atoms in total. The summed E-state index contributed by atoms with van der Waals surface area (Å²) in [5, 5.41) is 95.0. The number of nitrogens with one attached hydrogen (secondary N) is 1. The fourth-order valence-electron chi connectivity index (χ4n) is 11.5. The summed E-state index contributed by atoms with van der Waals surface area (Å²) < 4.78 is 0. The van der Waals surface area contributed by atoms with Crippen molar-refractivity contribution in [2.45, 2.75) is 78.7 Å². The van der Waals surface area contributed by atoms with Crippen molar-refractivity contribution in [3.05, 3.63) is 109 Å². The van der Waals surface area contributed by atoms with Gasteiger partial charge in [0, 0.05) is 81.3 Å². The topological polar surface area (TPSA) is 268 Å². The molecule has 57 heavy (non-hydrogen) atoms. The van der Waals surface area contributed by atoms with E-state index in [0.717, 1.165) is 0 Å². The van der Waals surface area contributed by atoms with Crippen LogP contribution in [-0.2, 0) is 0 Å². The van der Waals surface area contributed by atoms with Crippen molar-refractivity contribution < 1.29 is 45.8 Å². The van der Waals surface area contributed by atoms with Crippen LogP contribution in [0.4, 0.5) is 11.6 Å². The van der Waals surface area contributed by atoms with E-state index in [0.29, 0.717) is 56.2 Å². The Hall–Kier alpha value is -4.14. The van der Waals surface area contributed by atoms with E-state index in [1.54, 1.807) is 0 Å². The van der Waals surface area contributed by atoms with Crippen LogP contribution >= 0.6 is 0 Å². The van der Waals surface area contributed by atoms with E-state index in [9.17, 15) is 40.9 Å². The van der Waals surface area contributed by atoms with E-state index < -0.39 is 102 Å². The fraction of sp³-hybridized carbons (Fsp3) is 0.425. The molecular weight excluding hydrogens is 745 g/mol. The Bertz CT molecular complexity index is 2660. The molecule has 17 unspecified atom stereocenters. The molecule has 0 saturated heterocycles. The molecule has 15 aliphatic rings. The van der Waals surface area contributed by atoms with Gasteiger partial charge in [0.15, 0.2) is 11.3 Å². The van der Waals surface area contributed by atoms with Gasteiger partial charge in [0.25, 0.3) is 11.7 Å². The molecule has 17 rings (SSSR count). The molecule has 17 heteroatoms. The van der Waals surface area contributed by atoms with E-state index in [1.807, 2.05) is 48.6 Å². The van der Waals surface area contributed by atoms with Crippen molar-refractivity contribution in [3.63, 3.8) is 0 Å². The number of hydrogen-bond acceptors (Lipinski definition) is 12. The summed E-state index contributed by atoms with van der Waals surface area (Å²) in [6, 6.07) is 0. The second kappa shape index (κ2) is 11.5. The maximum absolute atomic E-state index is 11.3. The van der Waals surface area contributed by atoms with Crippen LogP contribution in [0.15, 0.2) is 90.9 Å². The van der Waals surface area contributed by atoms with Crippen LogP contribution in [0.3, 0.4) is 0 Å². The average molecular weight is 779 g/mol. The van der Waals surface area contributed by atoms with Crippen molar-refractivity contribution in [2.24, 2.45) is 43.6 Å². The molecule has 284 valence electrons. The summed E-state index contributed by atoms with van der Waals surface area (Å²) in [4.78, 5) is 33.7.